The minimum atomic E-state index is 0. The highest BCUT2D eigenvalue weighted by atomic mass is 35.5. The van der Waals surface area contributed by atoms with Crippen LogP contribution in [0, 0.1) is 0 Å². The van der Waals surface area contributed by atoms with Crippen LogP contribution in [0.5, 0.6) is 0 Å². The van der Waals surface area contributed by atoms with E-state index in [-0.39, 0.29) is 12.4 Å². The lowest BCUT2D eigenvalue weighted by Crippen LogP contribution is -2.04. The van der Waals surface area contributed by atoms with Crippen molar-refractivity contribution in [3.05, 3.63) is 83.6 Å². The Hall–Kier alpha value is -2.32. The molecule has 0 saturated heterocycles. The average molecular weight is 339 g/mol. The second kappa shape index (κ2) is 9.09. The van der Waals surface area contributed by atoms with Gasteiger partial charge in [0.2, 0.25) is 0 Å². The molecule has 1 aliphatic carbocycles. The smallest absolute Gasteiger partial charge is 0.0629 e. The summed E-state index contributed by atoms with van der Waals surface area (Å²) in [5, 5.41) is 3.40. The Morgan fingerprint density at radius 3 is 2.29 bits per heavy atom. The second-order valence-electron chi connectivity index (χ2n) is 5.78. The van der Waals surface area contributed by atoms with E-state index in [4.69, 9.17) is 0 Å². The molecule has 0 aromatic heterocycles. The molecular weight excluding hydrogens is 316 g/mol. The van der Waals surface area contributed by atoms with Gasteiger partial charge in [0.05, 0.1) is 5.69 Å². The van der Waals surface area contributed by atoms with Crippen LogP contribution in [0.3, 0.4) is 0 Å². The minimum Gasteiger partial charge on any atom is -0.361 e. The van der Waals surface area contributed by atoms with Crippen molar-refractivity contribution in [2.24, 2.45) is 4.99 Å². The van der Waals surface area contributed by atoms with Crippen molar-refractivity contribution in [1.82, 2.24) is 0 Å². The maximum Gasteiger partial charge on any atom is 0.0629 e. The standard InChI is InChI=1S/C21H22N2.ClH/c1-17-18(15-22-20-11-4-2-5-12-20)9-8-10-19(17)16-23-21-13-6-3-7-14-21;/h2-7,11-16,22H,8-10H2,1H3;1H/b18-15+,23-16?;. The number of allylic oxidation sites excluding steroid dienone is 3. The molecule has 1 N–H and O–H groups in total. The van der Waals surface area contributed by atoms with Gasteiger partial charge in [-0.3, -0.25) is 4.99 Å². The monoisotopic (exact) mass is 338 g/mol. The summed E-state index contributed by atoms with van der Waals surface area (Å²) in [7, 11) is 0. The van der Waals surface area contributed by atoms with E-state index in [1.54, 1.807) is 0 Å². The summed E-state index contributed by atoms with van der Waals surface area (Å²) in [5.41, 5.74) is 6.18. The van der Waals surface area contributed by atoms with Crippen molar-refractivity contribution >= 4 is 30.0 Å². The highest BCUT2D eigenvalue weighted by molar-refractivity contribution is 5.85. The zero-order valence-electron chi connectivity index (χ0n) is 13.9. The summed E-state index contributed by atoms with van der Waals surface area (Å²) >= 11 is 0. The maximum absolute atomic E-state index is 4.60. The van der Waals surface area contributed by atoms with Crippen LogP contribution < -0.4 is 5.32 Å². The number of hydrogen-bond donors (Lipinski definition) is 1. The fraction of sp³-hybridized carbons (Fsp3) is 0.190. The van der Waals surface area contributed by atoms with Gasteiger partial charge in [0.1, 0.15) is 0 Å². The molecule has 0 aliphatic heterocycles. The van der Waals surface area contributed by atoms with E-state index in [1.165, 1.54) is 23.1 Å². The summed E-state index contributed by atoms with van der Waals surface area (Å²) in [6.45, 7) is 2.20. The number of halogens is 1. The Balaban J connectivity index is 0.00000208. The van der Waals surface area contributed by atoms with E-state index < -0.39 is 0 Å². The molecule has 0 radical (unpaired) electrons. The van der Waals surface area contributed by atoms with E-state index in [0.29, 0.717) is 0 Å². The maximum atomic E-state index is 4.60. The highest BCUT2D eigenvalue weighted by Crippen LogP contribution is 2.29. The Labute approximate surface area is 150 Å². The van der Waals surface area contributed by atoms with E-state index in [0.717, 1.165) is 24.2 Å². The number of nitrogens with one attached hydrogen (secondary N) is 1. The van der Waals surface area contributed by atoms with Crippen molar-refractivity contribution in [3.8, 4) is 0 Å². The van der Waals surface area contributed by atoms with Crippen LogP contribution >= 0.6 is 12.4 Å². The van der Waals surface area contributed by atoms with Gasteiger partial charge in [0.15, 0.2) is 0 Å². The predicted octanol–water partition coefficient (Wildman–Crippen LogP) is 6.31. The molecule has 0 saturated carbocycles. The molecule has 0 amide bonds. The van der Waals surface area contributed by atoms with Gasteiger partial charge in [-0.25, -0.2) is 0 Å². The first-order valence-electron chi connectivity index (χ1n) is 8.13. The number of hydrogen-bond acceptors (Lipinski definition) is 2. The third kappa shape index (κ3) is 4.84. The molecule has 24 heavy (non-hydrogen) atoms. The molecule has 2 aromatic rings. The first-order valence-corrected chi connectivity index (χ1v) is 8.13. The molecule has 2 nitrogen and oxygen atoms in total. The van der Waals surface area contributed by atoms with Gasteiger partial charge in [-0.15, -0.1) is 12.4 Å². The van der Waals surface area contributed by atoms with Gasteiger partial charge in [-0.1, -0.05) is 36.4 Å². The second-order valence-corrected chi connectivity index (χ2v) is 5.78. The lowest BCUT2D eigenvalue weighted by Gasteiger charge is -2.18. The predicted molar refractivity (Wildman–Crippen MR) is 107 cm³/mol. The topological polar surface area (TPSA) is 24.4 Å². The number of nitrogens with zero attached hydrogens (tertiary/aromatic N) is 1. The molecule has 3 heteroatoms. The van der Waals surface area contributed by atoms with Gasteiger partial charge in [0.25, 0.3) is 0 Å². The van der Waals surface area contributed by atoms with Crippen LogP contribution in [0.2, 0.25) is 0 Å². The normalized spacial score (nSPS) is 16.3. The molecule has 0 unspecified atom stereocenters. The van der Waals surface area contributed by atoms with E-state index in [9.17, 15) is 0 Å². The summed E-state index contributed by atoms with van der Waals surface area (Å²) in [6.07, 6.45) is 7.56. The Morgan fingerprint density at radius 1 is 0.917 bits per heavy atom. The van der Waals surface area contributed by atoms with Gasteiger partial charge in [-0.2, -0.15) is 0 Å². The van der Waals surface area contributed by atoms with Crippen molar-refractivity contribution in [3.63, 3.8) is 0 Å². The van der Waals surface area contributed by atoms with Crippen molar-refractivity contribution < 1.29 is 0 Å². The number of benzene rings is 2. The van der Waals surface area contributed by atoms with Crippen LogP contribution in [0.4, 0.5) is 11.4 Å². The summed E-state index contributed by atoms with van der Waals surface area (Å²) < 4.78 is 0. The first kappa shape index (κ1) is 18.0. The van der Waals surface area contributed by atoms with E-state index >= 15 is 0 Å². The zero-order valence-corrected chi connectivity index (χ0v) is 14.7. The van der Waals surface area contributed by atoms with Crippen LogP contribution in [0.1, 0.15) is 26.2 Å². The Kier molecular flexibility index (Phi) is 6.83. The minimum absolute atomic E-state index is 0. The summed E-state index contributed by atoms with van der Waals surface area (Å²) in [4.78, 5) is 4.60. The first-order chi connectivity index (χ1) is 11.3. The lowest BCUT2D eigenvalue weighted by atomic mass is 9.89. The lowest BCUT2D eigenvalue weighted by molar-refractivity contribution is 0.785. The SMILES string of the molecule is CC1=C(C=Nc2ccccc2)CCC/C1=C\Nc1ccccc1.Cl. The van der Waals surface area contributed by atoms with E-state index in [1.807, 2.05) is 54.7 Å². The third-order valence-corrected chi connectivity index (χ3v) is 4.17. The molecule has 3 rings (SSSR count). The number of aliphatic imine (C=N–C) groups is 1. The number of anilines is 1. The fourth-order valence-electron chi connectivity index (χ4n) is 2.76. The number of rotatable bonds is 4. The van der Waals surface area contributed by atoms with Gasteiger partial charge < -0.3 is 5.32 Å². The number of para-hydroxylation sites is 2. The summed E-state index contributed by atoms with van der Waals surface area (Å²) in [6, 6.07) is 20.4. The molecular formula is C21H23ClN2. The van der Waals surface area contributed by atoms with Crippen LogP contribution in [-0.2, 0) is 0 Å². The molecule has 0 bridgehead atoms. The third-order valence-electron chi connectivity index (χ3n) is 4.17. The highest BCUT2D eigenvalue weighted by Gasteiger charge is 2.12. The van der Waals surface area contributed by atoms with Crippen LogP contribution in [-0.4, -0.2) is 6.21 Å². The van der Waals surface area contributed by atoms with Crippen molar-refractivity contribution in [2.45, 2.75) is 26.2 Å². The Bertz CT molecular complexity index is 731. The largest absolute Gasteiger partial charge is 0.361 e. The van der Waals surface area contributed by atoms with Gasteiger partial charge in [-0.05, 0) is 67.2 Å². The average Bonchev–Trinajstić information content (AvgIpc) is 2.61. The van der Waals surface area contributed by atoms with Crippen molar-refractivity contribution in [2.75, 3.05) is 5.32 Å². The molecule has 1 aliphatic rings. The molecule has 2 aromatic carbocycles. The van der Waals surface area contributed by atoms with E-state index in [2.05, 4.69) is 35.6 Å². The fourth-order valence-corrected chi connectivity index (χ4v) is 2.76. The molecule has 0 fully saturated rings. The van der Waals surface area contributed by atoms with Crippen molar-refractivity contribution in [1.29, 1.82) is 0 Å². The molecule has 0 spiro atoms. The molecule has 0 heterocycles. The van der Waals surface area contributed by atoms with Crippen LogP contribution in [0.25, 0.3) is 0 Å². The Morgan fingerprint density at radius 2 is 1.58 bits per heavy atom. The zero-order chi connectivity index (χ0) is 15.9. The summed E-state index contributed by atoms with van der Waals surface area (Å²) in [5.74, 6) is 0. The molecule has 124 valence electrons. The molecule has 0 atom stereocenters. The van der Waals surface area contributed by atoms with Gasteiger partial charge in [0, 0.05) is 18.1 Å². The van der Waals surface area contributed by atoms with Gasteiger partial charge >= 0.3 is 0 Å². The van der Waals surface area contributed by atoms with Crippen LogP contribution in [0.15, 0.2) is 88.6 Å². The quantitative estimate of drug-likeness (QED) is 0.649.